The van der Waals surface area contributed by atoms with Crippen LogP contribution in [0.3, 0.4) is 0 Å². The lowest BCUT2D eigenvalue weighted by Gasteiger charge is -2.23. The van der Waals surface area contributed by atoms with E-state index in [0.717, 1.165) is 11.1 Å². The second-order valence-corrected chi connectivity index (χ2v) is 9.06. The highest BCUT2D eigenvalue weighted by atomic mass is 16.5. The van der Waals surface area contributed by atoms with Crippen molar-refractivity contribution >= 4 is 6.47 Å². The van der Waals surface area contributed by atoms with Gasteiger partial charge in [0.15, 0.2) is 0 Å². The number of aliphatic hydroxyl groups is 1. The number of carbonyl (C=O) groups is 1. The molecule has 1 aliphatic rings. The second kappa shape index (κ2) is 15.0. The molecule has 0 amide bonds. The summed E-state index contributed by atoms with van der Waals surface area (Å²) in [6.07, 6.45) is 8.38. The largest absolute Gasteiger partial charge is 0.491 e. The maximum Gasteiger partial charge on any atom is 0.293 e. The van der Waals surface area contributed by atoms with Crippen LogP contribution in [0.4, 0.5) is 0 Å². The molecule has 0 saturated heterocycles. The lowest BCUT2D eigenvalue weighted by atomic mass is 9.82. The Morgan fingerprint density at radius 2 is 1.77 bits per heavy atom. The van der Waals surface area contributed by atoms with Crippen LogP contribution in [0.1, 0.15) is 57.1 Å². The number of aliphatic hydroxyl groups excluding tert-OH is 1. The molecule has 0 aliphatic heterocycles. The summed E-state index contributed by atoms with van der Waals surface area (Å²) in [4.78, 5) is 10.4. The first-order valence-electron chi connectivity index (χ1n) is 12.4. The van der Waals surface area contributed by atoms with Crippen molar-refractivity contribution < 1.29 is 24.1 Å². The molecule has 2 atom stereocenters. The van der Waals surface area contributed by atoms with Crippen LogP contribution in [0.2, 0.25) is 0 Å². The average molecular weight is 481 g/mol. The van der Waals surface area contributed by atoms with Crippen molar-refractivity contribution in [1.82, 2.24) is 0 Å². The number of rotatable bonds is 11. The van der Waals surface area contributed by atoms with Crippen LogP contribution >= 0.6 is 0 Å². The van der Waals surface area contributed by atoms with E-state index in [1.165, 1.54) is 36.0 Å². The van der Waals surface area contributed by atoms with Gasteiger partial charge < -0.3 is 19.3 Å². The summed E-state index contributed by atoms with van der Waals surface area (Å²) in [7, 11) is 0. The first kappa shape index (κ1) is 28.2. The van der Waals surface area contributed by atoms with Crippen molar-refractivity contribution in [2.75, 3.05) is 26.4 Å². The van der Waals surface area contributed by atoms with E-state index in [0.29, 0.717) is 29.8 Å². The van der Waals surface area contributed by atoms with Crippen molar-refractivity contribution in [3.63, 3.8) is 0 Å². The van der Waals surface area contributed by atoms with E-state index in [1.54, 1.807) is 0 Å². The summed E-state index contributed by atoms with van der Waals surface area (Å²) in [5, 5.41) is 9.02. The number of allylic oxidation sites excluding steroid dienone is 3. The average Bonchev–Trinajstić information content (AvgIpc) is 2.85. The normalized spacial score (nSPS) is 16.6. The van der Waals surface area contributed by atoms with Gasteiger partial charge in [0.25, 0.3) is 6.47 Å². The lowest BCUT2D eigenvalue weighted by Crippen LogP contribution is -2.08. The zero-order valence-corrected chi connectivity index (χ0v) is 21.6. The van der Waals surface area contributed by atoms with Crippen LogP contribution < -0.4 is 9.47 Å². The quantitative estimate of drug-likeness (QED) is 0.222. The van der Waals surface area contributed by atoms with E-state index in [-0.39, 0.29) is 26.4 Å². The summed E-state index contributed by atoms with van der Waals surface area (Å²) in [6, 6.07) is 12.3. The molecule has 2 unspecified atom stereocenters. The van der Waals surface area contributed by atoms with Gasteiger partial charge in [0, 0.05) is 17.5 Å². The van der Waals surface area contributed by atoms with Crippen molar-refractivity contribution in [2.45, 2.75) is 52.9 Å². The van der Waals surface area contributed by atoms with Gasteiger partial charge in [-0.1, -0.05) is 42.8 Å². The monoisotopic (exact) mass is 480 g/mol. The predicted octanol–water partition coefficient (Wildman–Crippen LogP) is 6.63. The Balaban J connectivity index is 0.00000100. The molecule has 1 N–H and O–H groups in total. The summed E-state index contributed by atoms with van der Waals surface area (Å²) in [6.45, 7) is 12.9. The molecule has 35 heavy (non-hydrogen) atoms. The van der Waals surface area contributed by atoms with Gasteiger partial charge in [-0.3, -0.25) is 4.79 Å². The van der Waals surface area contributed by atoms with E-state index < -0.39 is 0 Å². The molecule has 1 aliphatic carbocycles. The Morgan fingerprint density at radius 1 is 1.03 bits per heavy atom. The van der Waals surface area contributed by atoms with Crippen molar-refractivity contribution in [3.8, 4) is 22.6 Å². The molecule has 0 spiro atoms. The van der Waals surface area contributed by atoms with Crippen LogP contribution in [0.25, 0.3) is 11.1 Å². The molecule has 0 saturated carbocycles. The molecule has 0 radical (unpaired) electrons. The van der Waals surface area contributed by atoms with Crippen LogP contribution in [-0.2, 0) is 9.53 Å². The molecular weight excluding hydrogens is 440 g/mol. The van der Waals surface area contributed by atoms with Gasteiger partial charge in [0.1, 0.15) is 31.3 Å². The highest BCUT2D eigenvalue weighted by molar-refractivity contribution is 5.74. The van der Waals surface area contributed by atoms with Gasteiger partial charge in [0.2, 0.25) is 0 Å². The second-order valence-electron chi connectivity index (χ2n) is 9.06. The highest BCUT2D eigenvalue weighted by Crippen LogP contribution is 2.38. The Hall–Kier alpha value is -3.05. The SMILES string of the molecule is C=C(C)C.CCC1C=CC(c2ccc(-c3ccc(OCCO)cc3OCCOC=O)c(C)c2)CC1. The van der Waals surface area contributed by atoms with E-state index in [2.05, 4.69) is 50.8 Å². The molecule has 0 heterocycles. The third-order valence-corrected chi connectivity index (χ3v) is 5.80. The minimum atomic E-state index is -0.0553. The fraction of sp³-hybridized carbons (Fsp3) is 0.433. The molecule has 5 nitrogen and oxygen atoms in total. The van der Waals surface area contributed by atoms with Gasteiger partial charge in [0.05, 0.1) is 6.61 Å². The molecular formula is C30H40O5. The third kappa shape index (κ3) is 9.25. The number of aryl methyl sites for hydroxylation is 1. The van der Waals surface area contributed by atoms with Crippen LogP contribution in [0.5, 0.6) is 11.5 Å². The number of benzene rings is 2. The van der Waals surface area contributed by atoms with Crippen molar-refractivity contribution in [2.24, 2.45) is 5.92 Å². The Labute approximate surface area is 210 Å². The Bertz CT molecular complexity index is 975. The van der Waals surface area contributed by atoms with Gasteiger partial charge in [-0.15, -0.1) is 6.58 Å². The first-order chi connectivity index (χ1) is 16.9. The van der Waals surface area contributed by atoms with Gasteiger partial charge in [-0.05, 0) is 74.8 Å². The van der Waals surface area contributed by atoms with Gasteiger partial charge in [-0.2, -0.15) is 0 Å². The topological polar surface area (TPSA) is 65.0 Å². The van der Waals surface area contributed by atoms with Crippen molar-refractivity contribution in [1.29, 1.82) is 0 Å². The summed E-state index contributed by atoms with van der Waals surface area (Å²) >= 11 is 0. The zero-order valence-electron chi connectivity index (χ0n) is 21.6. The molecule has 2 aromatic carbocycles. The molecule has 5 heteroatoms. The van der Waals surface area contributed by atoms with E-state index in [9.17, 15) is 4.79 Å². The number of hydrogen-bond donors (Lipinski definition) is 1. The lowest BCUT2D eigenvalue weighted by molar-refractivity contribution is -0.129. The first-order valence-corrected chi connectivity index (χ1v) is 12.4. The van der Waals surface area contributed by atoms with Gasteiger partial charge in [-0.25, -0.2) is 0 Å². The molecule has 0 bridgehead atoms. The fourth-order valence-electron chi connectivity index (χ4n) is 4.06. The fourth-order valence-corrected chi connectivity index (χ4v) is 4.06. The van der Waals surface area contributed by atoms with E-state index in [4.69, 9.17) is 19.3 Å². The zero-order chi connectivity index (χ0) is 25.6. The number of hydrogen-bond acceptors (Lipinski definition) is 5. The Morgan fingerprint density at radius 3 is 2.37 bits per heavy atom. The highest BCUT2D eigenvalue weighted by Gasteiger charge is 2.18. The van der Waals surface area contributed by atoms with E-state index in [1.807, 2.05) is 32.0 Å². The molecule has 0 aromatic heterocycles. The van der Waals surface area contributed by atoms with E-state index >= 15 is 0 Å². The molecule has 190 valence electrons. The van der Waals surface area contributed by atoms with Crippen LogP contribution in [0, 0.1) is 12.8 Å². The Kier molecular flexibility index (Phi) is 12.1. The van der Waals surface area contributed by atoms with Crippen molar-refractivity contribution in [3.05, 3.63) is 71.8 Å². The van der Waals surface area contributed by atoms with Gasteiger partial charge >= 0.3 is 0 Å². The van der Waals surface area contributed by atoms with Crippen LogP contribution in [-0.4, -0.2) is 38.0 Å². The summed E-state index contributed by atoms with van der Waals surface area (Å²) in [5.41, 5.74) is 5.74. The van der Waals surface area contributed by atoms with Crippen LogP contribution in [0.15, 0.2) is 60.7 Å². The third-order valence-electron chi connectivity index (χ3n) is 5.80. The number of ether oxygens (including phenoxy) is 3. The molecule has 2 aromatic rings. The maximum atomic E-state index is 10.4. The smallest absolute Gasteiger partial charge is 0.293 e. The molecule has 3 rings (SSSR count). The standard InChI is InChI=1S/C26H32O5.C4H8/c1-3-20-4-6-21(7-5-20)22-8-10-24(19(2)16-22)25-11-9-23(30-13-12-27)17-26(25)31-15-14-29-18-28;1-4(2)3/h4,6,8-11,16-18,20-21,27H,3,5,7,12-15H2,1-2H3;1H2,2-3H3. The number of carbonyl (C=O) groups excluding carboxylic acids is 1. The summed E-state index contributed by atoms with van der Waals surface area (Å²) < 4.78 is 16.2. The minimum absolute atomic E-state index is 0.0553. The molecule has 0 fully saturated rings. The maximum absolute atomic E-state index is 10.4. The minimum Gasteiger partial charge on any atom is -0.491 e. The predicted molar refractivity (Wildman–Crippen MR) is 142 cm³/mol. The summed E-state index contributed by atoms with van der Waals surface area (Å²) in [5.74, 6) is 2.47.